The number of nitrogens with zero attached hydrogens (tertiary/aromatic N) is 1. The van der Waals surface area contributed by atoms with Crippen LogP contribution in [0.15, 0.2) is 78.9 Å². The van der Waals surface area contributed by atoms with Gasteiger partial charge in [-0.25, -0.2) is 4.39 Å². The molecular weight excluding hydrogens is 369 g/mol. The zero-order chi connectivity index (χ0) is 20.5. The lowest BCUT2D eigenvalue weighted by molar-refractivity contribution is 0.0753. The standard InChI is InChI=1S/C24H24FNO3/c1-2-26(17-10-18-28-23-16-9-7-14-21(23)25)24(27)20-13-6-8-15-22(20)29-19-11-4-3-5-12-19/h3-9,11-16H,2,10,17-18H2,1H3. The quantitative estimate of drug-likeness (QED) is 0.448. The number of hydrogen-bond donors (Lipinski definition) is 0. The van der Waals surface area contributed by atoms with Crippen molar-refractivity contribution < 1.29 is 18.7 Å². The highest BCUT2D eigenvalue weighted by molar-refractivity contribution is 5.97. The van der Waals surface area contributed by atoms with Crippen LogP contribution in [0.3, 0.4) is 0 Å². The van der Waals surface area contributed by atoms with Crippen LogP contribution in [0.25, 0.3) is 0 Å². The third-order valence-electron chi connectivity index (χ3n) is 4.42. The Morgan fingerprint density at radius 3 is 2.28 bits per heavy atom. The summed E-state index contributed by atoms with van der Waals surface area (Å²) >= 11 is 0. The summed E-state index contributed by atoms with van der Waals surface area (Å²) in [6.07, 6.45) is 0.593. The molecule has 0 saturated carbocycles. The molecule has 0 aliphatic rings. The Bertz CT molecular complexity index is 930. The van der Waals surface area contributed by atoms with Crippen molar-refractivity contribution in [2.45, 2.75) is 13.3 Å². The first kappa shape index (κ1) is 20.4. The van der Waals surface area contributed by atoms with E-state index in [1.165, 1.54) is 6.07 Å². The van der Waals surface area contributed by atoms with Crippen molar-refractivity contribution >= 4 is 5.91 Å². The molecule has 29 heavy (non-hydrogen) atoms. The Morgan fingerprint density at radius 2 is 1.55 bits per heavy atom. The van der Waals surface area contributed by atoms with Gasteiger partial charge in [-0.05, 0) is 49.7 Å². The van der Waals surface area contributed by atoms with Crippen molar-refractivity contribution in [2.75, 3.05) is 19.7 Å². The normalized spacial score (nSPS) is 10.4. The van der Waals surface area contributed by atoms with Crippen molar-refractivity contribution in [1.82, 2.24) is 4.90 Å². The maximum Gasteiger partial charge on any atom is 0.257 e. The zero-order valence-electron chi connectivity index (χ0n) is 16.4. The number of carbonyl (C=O) groups excluding carboxylic acids is 1. The van der Waals surface area contributed by atoms with Crippen LogP contribution in [0.2, 0.25) is 0 Å². The van der Waals surface area contributed by atoms with Crippen molar-refractivity contribution in [3.8, 4) is 17.2 Å². The van der Waals surface area contributed by atoms with Crippen molar-refractivity contribution in [3.63, 3.8) is 0 Å². The van der Waals surface area contributed by atoms with Gasteiger partial charge in [0.2, 0.25) is 0 Å². The van der Waals surface area contributed by atoms with E-state index >= 15 is 0 Å². The lowest BCUT2D eigenvalue weighted by atomic mass is 10.1. The summed E-state index contributed by atoms with van der Waals surface area (Å²) in [4.78, 5) is 14.8. The fourth-order valence-electron chi connectivity index (χ4n) is 2.92. The van der Waals surface area contributed by atoms with Gasteiger partial charge in [0, 0.05) is 13.1 Å². The molecule has 0 spiro atoms. The Morgan fingerprint density at radius 1 is 0.897 bits per heavy atom. The molecule has 0 aliphatic heterocycles. The minimum absolute atomic E-state index is 0.107. The van der Waals surface area contributed by atoms with Crippen LogP contribution in [0.4, 0.5) is 4.39 Å². The molecule has 1 amide bonds. The monoisotopic (exact) mass is 393 g/mol. The van der Waals surface area contributed by atoms with E-state index in [0.717, 1.165) is 0 Å². The van der Waals surface area contributed by atoms with E-state index < -0.39 is 0 Å². The van der Waals surface area contributed by atoms with E-state index in [0.29, 0.717) is 43.2 Å². The van der Waals surface area contributed by atoms with Gasteiger partial charge in [0.25, 0.3) is 5.91 Å². The minimum atomic E-state index is -0.386. The lowest BCUT2D eigenvalue weighted by Crippen LogP contribution is -2.32. The van der Waals surface area contributed by atoms with E-state index in [1.54, 1.807) is 35.2 Å². The van der Waals surface area contributed by atoms with Gasteiger partial charge < -0.3 is 14.4 Å². The lowest BCUT2D eigenvalue weighted by Gasteiger charge is -2.22. The minimum Gasteiger partial charge on any atom is -0.490 e. The van der Waals surface area contributed by atoms with E-state index in [9.17, 15) is 9.18 Å². The van der Waals surface area contributed by atoms with E-state index in [4.69, 9.17) is 9.47 Å². The highest BCUT2D eigenvalue weighted by Crippen LogP contribution is 2.26. The van der Waals surface area contributed by atoms with Crippen molar-refractivity contribution in [1.29, 1.82) is 0 Å². The van der Waals surface area contributed by atoms with E-state index in [1.807, 2.05) is 49.4 Å². The third-order valence-corrected chi connectivity index (χ3v) is 4.42. The van der Waals surface area contributed by atoms with Crippen LogP contribution in [0, 0.1) is 5.82 Å². The van der Waals surface area contributed by atoms with Crippen LogP contribution >= 0.6 is 0 Å². The molecule has 4 nitrogen and oxygen atoms in total. The number of para-hydroxylation sites is 3. The first-order valence-corrected chi connectivity index (χ1v) is 9.67. The largest absolute Gasteiger partial charge is 0.490 e. The molecular formula is C24H24FNO3. The summed E-state index contributed by atoms with van der Waals surface area (Å²) in [6.45, 7) is 3.31. The number of halogens is 1. The summed E-state index contributed by atoms with van der Waals surface area (Å²) in [5, 5.41) is 0. The fourth-order valence-corrected chi connectivity index (χ4v) is 2.92. The zero-order valence-corrected chi connectivity index (χ0v) is 16.4. The van der Waals surface area contributed by atoms with Crippen LogP contribution in [-0.2, 0) is 0 Å². The van der Waals surface area contributed by atoms with Gasteiger partial charge in [0.1, 0.15) is 11.5 Å². The molecule has 0 heterocycles. The second-order valence-electron chi connectivity index (χ2n) is 6.43. The summed E-state index contributed by atoms with van der Waals surface area (Å²) in [6, 6.07) is 22.9. The molecule has 0 saturated heterocycles. The Labute approximate surface area is 170 Å². The molecule has 0 radical (unpaired) electrons. The number of hydrogen-bond acceptors (Lipinski definition) is 3. The predicted octanol–water partition coefficient (Wildman–Crippen LogP) is 5.55. The number of benzene rings is 3. The van der Waals surface area contributed by atoms with Gasteiger partial charge in [0.15, 0.2) is 11.6 Å². The van der Waals surface area contributed by atoms with Gasteiger partial charge in [-0.2, -0.15) is 0 Å². The molecule has 0 fully saturated rings. The van der Waals surface area contributed by atoms with Gasteiger partial charge in [-0.3, -0.25) is 4.79 Å². The molecule has 0 atom stereocenters. The summed E-state index contributed by atoms with van der Waals surface area (Å²) < 4.78 is 25.0. The van der Waals surface area contributed by atoms with Crippen LogP contribution in [0.5, 0.6) is 17.2 Å². The number of carbonyl (C=O) groups is 1. The smallest absolute Gasteiger partial charge is 0.257 e. The summed E-state index contributed by atoms with van der Waals surface area (Å²) in [7, 11) is 0. The SMILES string of the molecule is CCN(CCCOc1ccccc1F)C(=O)c1ccccc1Oc1ccccc1. The maximum atomic E-state index is 13.6. The predicted molar refractivity (Wildman–Crippen MR) is 111 cm³/mol. The molecule has 3 aromatic carbocycles. The average Bonchev–Trinajstić information content (AvgIpc) is 2.76. The number of rotatable bonds is 9. The molecule has 3 rings (SSSR count). The topological polar surface area (TPSA) is 38.8 Å². The number of ether oxygens (including phenoxy) is 2. The van der Waals surface area contributed by atoms with Gasteiger partial charge in [0.05, 0.1) is 12.2 Å². The average molecular weight is 393 g/mol. The van der Waals surface area contributed by atoms with Crippen LogP contribution in [-0.4, -0.2) is 30.5 Å². The molecule has 150 valence electrons. The van der Waals surface area contributed by atoms with Crippen LogP contribution < -0.4 is 9.47 Å². The first-order chi connectivity index (χ1) is 14.2. The summed E-state index contributed by atoms with van der Waals surface area (Å²) in [5.41, 5.74) is 0.508. The number of amides is 1. The second kappa shape index (κ2) is 10.3. The van der Waals surface area contributed by atoms with Crippen LogP contribution in [0.1, 0.15) is 23.7 Å². The van der Waals surface area contributed by atoms with Crippen molar-refractivity contribution in [3.05, 3.63) is 90.2 Å². The van der Waals surface area contributed by atoms with E-state index in [2.05, 4.69) is 0 Å². The van der Waals surface area contributed by atoms with Crippen molar-refractivity contribution in [2.24, 2.45) is 0 Å². The third kappa shape index (κ3) is 5.57. The molecule has 0 unspecified atom stereocenters. The van der Waals surface area contributed by atoms with Gasteiger partial charge >= 0.3 is 0 Å². The molecule has 0 aromatic heterocycles. The molecule has 0 N–H and O–H groups in total. The Hall–Kier alpha value is -3.34. The molecule has 5 heteroatoms. The highest BCUT2D eigenvalue weighted by atomic mass is 19.1. The molecule has 0 bridgehead atoms. The highest BCUT2D eigenvalue weighted by Gasteiger charge is 2.18. The Kier molecular flexibility index (Phi) is 7.22. The Balaban J connectivity index is 1.61. The molecule has 0 aliphatic carbocycles. The summed E-state index contributed by atoms with van der Waals surface area (Å²) in [5.74, 6) is 0.926. The van der Waals surface area contributed by atoms with Gasteiger partial charge in [-0.15, -0.1) is 0 Å². The van der Waals surface area contributed by atoms with E-state index in [-0.39, 0.29) is 17.5 Å². The first-order valence-electron chi connectivity index (χ1n) is 9.67. The van der Waals surface area contributed by atoms with Gasteiger partial charge in [-0.1, -0.05) is 42.5 Å². The second-order valence-corrected chi connectivity index (χ2v) is 6.43. The fraction of sp³-hybridized carbons (Fsp3) is 0.208. The maximum absolute atomic E-state index is 13.6. The molecule has 3 aromatic rings.